The van der Waals surface area contributed by atoms with Crippen molar-refractivity contribution in [1.82, 2.24) is 5.32 Å². The fourth-order valence-electron chi connectivity index (χ4n) is 2.87. The minimum Gasteiger partial charge on any atom is -0.454 e. The summed E-state index contributed by atoms with van der Waals surface area (Å²) in [5.41, 5.74) is 1.96. The second kappa shape index (κ2) is 8.18. The van der Waals surface area contributed by atoms with E-state index in [0.717, 1.165) is 27.5 Å². The van der Waals surface area contributed by atoms with Crippen LogP contribution >= 0.6 is 11.8 Å². The van der Waals surface area contributed by atoms with Crippen molar-refractivity contribution in [2.24, 2.45) is 0 Å². The number of hydrogen-bond acceptors (Lipinski definition) is 4. The summed E-state index contributed by atoms with van der Waals surface area (Å²) in [5, 5.41) is 2.74. The lowest BCUT2D eigenvalue weighted by molar-refractivity contribution is -0.120. The van der Waals surface area contributed by atoms with Gasteiger partial charge in [0, 0.05) is 11.4 Å². The molecule has 1 N–H and O–H groups in total. The first-order valence-corrected chi connectivity index (χ1v) is 9.60. The molecule has 3 aromatic carbocycles. The molecule has 0 fully saturated rings. The largest absolute Gasteiger partial charge is 0.454 e. The van der Waals surface area contributed by atoms with Crippen LogP contribution < -0.4 is 14.8 Å². The van der Waals surface area contributed by atoms with Gasteiger partial charge in [-0.05, 0) is 35.4 Å². The standard InChI is InChI=1S/C22H19NO3S/c24-22(23-14-16-11-12-19-20(13-16)26-15-25-19)21(17-7-3-1-4-8-17)27-18-9-5-2-6-10-18/h1-13,21H,14-15H2,(H,23,24)/t21-/m1/s1. The maximum Gasteiger partial charge on any atom is 0.238 e. The number of carbonyl (C=O) groups excluding carboxylic acids is 1. The topological polar surface area (TPSA) is 47.6 Å². The van der Waals surface area contributed by atoms with Crippen LogP contribution in [0.5, 0.6) is 11.5 Å². The Kier molecular flexibility index (Phi) is 5.30. The van der Waals surface area contributed by atoms with Gasteiger partial charge in [-0.1, -0.05) is 54.6 Å². The molecule has 3 aromatic rings. The second-order valence-corrected chi connectivity index (χ2v) is 7.31. The summed E-state index contributed by atoms with van der Waals surface area (Å²) >= 11 is 1.55. The van der Waals surface area contributed by atoms with E-state index in [-0.39, 0.29) is 18.0 Å². The molecule has 0 bridgehead atoms. The molecule has 0 aromatic heterocycles. The van der Waals surface area contributed by atoms with Crippen molar-refractivity contribution in [3.8, 4) is 11.5 Å². The van der Waals surface area contributed by atoms with Crippen molar-refractivity contribution in [2.75, 3.05) is 6.79 Å². The van der Waals surface area contributed by atoms with Gasteiger partial charge in [-0.2, -0.15) is 0 Å². The van der Waals surface area contributed by atoms with E-state index in [2.05, 4.69) is 5.32 Å². The molecular weight excluding hydrogens is 358 g/mol. The van der Waals surface area contributed by atoms with E-state index in [0.29, 0.717) is 6.54 Å². The van der Waals surface area contributed by atoms with Crippen LogP contribution in [0.4, 0.5) is 0 Å². The molecule has 4 nitrogen and oxygen atoms in total. The maximum atomic E-state index is 13.0. The van der Waals surface area contributed by atoms with Crippen molar-refractivity contribution < 1.29 is 14.3 Å². The summed E-state index contributed by atoms with van der Waals surface area (Å²) in [5.74, 6) is 1.44. The molecule has 5 heteroatoms. The number of carbonyl (C=O) groups is 1. The number of thioether (sulfide) groups is 1. The van der Waals surface area contributed by atoms with Gasteiger partial charge < -0.3 is 14.8 Å². The fraction of sp³-hybridized carbons (Fsp3) is 0.136. The number of hydrogen-bond donors (Lipinski definition) is 1. The summed E-state index contributed by atoms with van der Waals surface area (Å²) in [6.45, 7) is 0.684. The lowest BCUT2D eigenvalue weighted by Crippen LogP contribution is -2.27. The molecule has 136 valence electrons. The quantitative estimate of drug-likeness (QED) is 0.640. The molecule has 27 heavy (non-hydrogen) atoms. The molecule has 1 atom stereocenters. The summed E-state index contributed by atoms with van der Waals surface area (Å²) in [6.07, 6.45) is 0. The van der Waals surface area contributed by atoms with Gasteiger partial charge in [0.1, 0.15) is 5.25 Å². The van der Waals surface area contributed by atoms with E-state index in [4.69, 9.17) is 9.47 Å². The lowest BCUT2D eigenvalue weighted by Gasteiger charge is -2.17. The Balaban J connectivity index is 1.48. The predicted molar refractivity (Wildman–Crippen MR) is 106 cm³/mol. The van der Waals surface area contributed by atoms with Crippen LogP contribution in [0.3, 0.4) is 0 Å². The van der Waals surface area contributed by atoms with Gasteiger partial charge in [-0.15, -0.1) is 11.8 Å². The van der Waals surface area contributed by atoms with Gasteiger partial charge >= 0.3 is 0 Å². The van der Waals surface area contributed by atoms with Crippen LogP contribution in [0.1, 0.15) is 16.4 Å². The summed E-state index contributed by atoms with van der Waals surface area (Å²) in [6, 6.07) is 25.5. The minimum absolute atomic E-state index is 0.0206. The first kappa shape index (κ1) is 17.5. The summed E-state index contributed by atoms with van der Waals surface area (Å²) < 4.78 is 10.7. The van der Waals surface area contributed by atoms with Crippen LogP contribution in [0.25, 0.3) is 0 Å². The maximum absolute atomic E-state index is 13.0. The third kappa shape index (κ3) is 4.26. The average Bonchev–Trinajstić information content (AvgIpc) is 3.19. The summed E-state index contributed by atoms with van der Waals surface area (Å²) in [4.78, 5) is 14.0. The van der Waals surface area contributed by atoms with Crippen molar-refractivity contribution in [3.63, 3.8) is 0 Å². The molecule has 0 unspecified atom stereocenters. The summed E-state index contributed by atoms with van der Waals surface area (Å²) in [7, 11) is 0. The highest BCUT2D eigenvalue weighted by molar-refractivity contribution is 8.00. The highest BCUT2D eigenvalue weighted by Crippen LogP contribution is 2.36. The number of amides is 1. The van der Waals surface area contributed by atoms with E-state index in [1.54, 1.807) is 11.8 Å². The Labute approximate surface area is 162 Å². The smallest absolute Gasteiger partial charge is 0.238 e. The molecule has 1 heterocycles. The fourth-order valence-corrected chi connectivity index (χ4v) is 3.94. The Hall–Kier alpha value is -2.92. The number of benzene rings is 3. The lowest BCUT2D eigenvalue weighted by atomic mass is 10.1. The third-order valence-corrected chi connectivity index (χ3v) is 5.51. The molecule has 1 amide bonds. The van der Waals surface area contributed by atoms with Gasteiger partial charge in [0.25, 0.3) is 0 Å². The number of fused-ring (bicyclic) bond motifs is 1. The van der Waals surface area contributed by atoms with Crippen LogP contribution in [0.2, 0.25) is 0 Å². The van der Waals surface area contributed by atoms with Crippen molar-refractivity contribution >= 4 is 17.7 Å². The Morgan fingerprint density at radius 3 is 2.41 bits per heavy atom. The third-order valence-electron chi connectivity index (χ3n) is 4.24. The first-order valence-electron chi connectivity index (χ1n) is 8.72. The molecule has 0 saturated carbocycles. The zero-order valence-corrected chi connectivity index (χ0v) is 15.4. The Morgan fingerprint density at radius 1 is 0.926 bits per heavy atom. The predicted octanol–water partition coefficient (Wildman–Crippen LogP) is 4.57. The van der Waals surface area contributed by atoms with E-state index in [1.165, 1.54) is 0 Å². The van der Waals surface area contributed by atoms with Crippen molar-refractivity contribution in [2.45, 2.75) is 16.7 Å². The van der Waals surface area contributed by atoms with Gasteiger partial charge in [-0.3, -0.25) is 4.79 Å². The van der Waals surface area contributed by atoms with Crippen LogP contribution in [0.15, 0.2) is 83.8 Å². The van der Waals surface area contributed by atoms with Gasteiger partial charge in [0.15, 0.2) is 11.5 Å². The molecule has 0 saturated heterocycles. The van der Waals surface area contributed by atoms with E-state index in [1.807, 2.05) is 78.9 Å². The van der Waals surface area contributed by atoms with Crippen LogP contribution in [-0.4, -0.2) is 12.7 Å². The molecular formula is C22H19NO3S. The molecule has 1 aliphatic heterocycles. The molecule has 4 rings (SSSR count). The van der Waals surface area contributed by atoms with E-state index < -0.39 is 0 Å². The Morgan fingerprint density at radius 2 is 1.63 bits per heavy atom. The Bertz CT molecular complexity index is 915. The molecule has 0 spiro atoms. The minimum atomic E-state index is -0.317. The van der Waals surface area contributed by atoms with Crippen LogP contribution in [0, 0.1) is 0 Å². The van der Waals surface area contributed by atoms with Crippen molar-refractivity contribution in [1.29, 1.82) is 0 Å². The molecule has 1 aliphatic rings. The zero-order valence-electron chi connectivity index (χ0n) is 14.6. The highest BCUT2D eigenvalue weighted by Gasteiger charge is 2.22. The van der Waals surface area contributed by atoms with Gasteiger partial charge in [0.2, 0.25) is 12.7 Å². The van der Waals surface area contributed by atoms with E-state index >= 15 is 0 Å². The zero-order chi connectivity index (χ0) is 18.5. The first-order chi connectivity index (χ1) is 13.3. The van der Waals surface area contributed by atoms with Gasteiger partial charge in [-0.25, -0.2) is 0 Å². The second-order valence-electron chi connectivity index (χ2n) is 6.13. The van der Waals surface area contributed by atoms with E-state index in [9.17, 15) is 4.79 Å². The average molecular weight is 377 g/mol. The van der Waals surface area contributed by atoms with Crippen LogP contribution in [-0.2, 0) is 11.3 Å². The SMILES string of the molecule is O=C(NCc1ccc2c(c1)OCO2)[C@H](Sc1ccccc1)c1ccccc1. The normalized spacial score (nSPS) is 13.2. The number of nitrogens with one attached hydrogen (secondary N) is 1. The van der Waals surface area contributed by atoms with Gasteiger partial charge in [0.05, 0.1) is 0 Å². The highest BCUT2D eigenvalue weighted by atomic mass is 32.2. The number of rotatable bonds is 6. The van der Waals surface area contributed by atoms with Crippen molar-refractivity contribution in [3.05, 3.63) is 90.0 Å². The molecule has 0 radical (unpaired) electrons. The number of ether oxygens (including phenoxy) is 2. The monoisotopic (exact) mass is 377 g/mol. The molecule has 0 aliphatic carbocycles.